The molecule has 25 rings (SSSR count). The van der Waals surface area contributed by atoms with Crippen molar-refractivity contribution in [3.05, 3.63) is 387 Å². The van der Waals surface area contributed by atoms with E-state index < -0.39 is 0 Å². The Balaban J connectivity index is 0.000000140. The summed E-state index contributed by atoms with van der Waals surface area (Å²) in [5, 5.41) is 15.6. The molecule has 0 fully saturated rings. The van der Waals surface area contributed by atoms with Gasteiger partial charge in [-0.2, -0.15) is 17.5 Å². The van der Waals surface area contributed by atoms with Crippen LogP contribution < -0.4 is 0 Å². The lowest BCUT2D eigenvalue weighted by Crippen LogP contribution is -2.14. The molecule has 0 amide bonds. The molecule has 1 aliphatic rings. The van der Waals surface area contributed by atoms with Gasteiger partial charge in [0.05, 0.1) is 45.9 Å². The average molecular weight is 1630 g/mol. The number of hydrogen-bond acceptors (Lipinski definition) is 14. The Hall–Kier alpha value is -16.0. The molecule has 6 heterocycles. The van der Waals surface area contributed by atoms with Crippen molar-refractivity contribution in [2.75, 3.05) is 0 Å². The Morgan fingerprint density at radius 3 is 1.05 bits per heavy atom. The molecule has 14 heteroatoms. The van der Waals surface area contributed by atoms with Crippen LogP contribution in [0.4, 0.5) is 0 Å². The van der Waals surface area contributed by atoms with E-state index in [1.807, 2.05) is 54.6 Å². The van der Waals surface area contributed by atoms with Crippen LogP contribution in [0, 0.1) is 0 Å². The molecule has 24 aromatic rings. The van der Waals surface area contributed by atoms with Crippen molar-refractivity contribution < 1.29 is 0 Å². The topological polar surface area (TPSA) is 155 Å². The first-order valence-corrected chi connectivity index (χ1v) is 43.2. The second-order valence-electron chi connectivity index (χ2n) is 32.4. The molecule has 0 unspecified atom stereocenters. The fourth-order valence-electron chi connectivity index (χ4n) is 18.6. The minimum atomic E-state index is -0.0592. The van der Waals surface area contributed by atoms with E-state index in [0.29, 0.717) is 34.9 Å². The summed E-state index contributed by atoms with van der Waals surface area (Å²) in [5.41, 5.74) is 27.0. The lowest BCUT2D eigenvalue weighted by molar-refractivity contribution is 0.660. The highest BCUT2D eigenvalue weighted by atomic mass is 32.1. The second kappa shape index (κ2) is 29.7. The number of aromatic nitrogens is 12. The first-order valence-electron chi connectivity index (χ1n) is 41.7. The summed E-state index contributed by atoms with van der Waals surface area (Å²) in [5.74, 6) is 3.74. The fraction of sp³-hybridized carbons (Fsp3) is 0.0270. The molecule has 0 radical (unpaired) electrons. The number of hydrogen-bond donors (Lipinski definition) is 0. The zero-order chi connectivity index (χ0) is 82.8. The number of fused-ring (bicyclic) bond motifs is 19. The highest BCUT2D eigenvalue weighted by molar-refractivity contribution is 7.00. The van der Waals surface area contributed by atoms with Crippen LogP contribution in [0.25, 0.3) is 244 Å². The predicted octanol–water partition coefficient (Wildman–Crippen LogP) is 28.4. The highest BCUT2D eigenvalue weighted by Gasteiger charge is 2.35. The normalized spacial score (nSPS) is 12.3. The largest absolute Gasteiger partial charge is 0.247 e. The smallest absolute Gasteiger partial charge is 0.164 e. The summed E-state index contributed by atoms with van der Waals surface area (Å²) < 4.78 is 18.4. The Kier molecular flexibility index (Phi) is 17.3. The number of pyridine rings is 2. The van der Waals surface area contributed by atoms with Crippen molar-refractivity contribution in [2.24, 2.45) is 0 Å². The van der Waals surface area contributed by atoms with Gasteiger partial charge in [0.25, 0.3) is 0 Å². The summed E-state index contributed by atoms with van der Waals surface area (Å²) in [6, 6.07) is 132. The quantitative estimate of drug-likeness (QED) is 0.113. The predicted molar refractivity (Wildman–Crippen MR) is 515 cm³/mol. The summed E-state index contributed by atoms with van der Waals surface area (Å²) in [4.78, 5) is 41.5. The SMILES string of the molecule is CC1(C)c2ccccc2-c2ccc(-c3ccc(-c4nc(-c5ccccc5)nc(-c5cccc(-c6ccc(-c7nc8ccccc8c8c7ccc7nsnc78)cc6)c5)n4)cc3)cc21.c1cc(-c2ccc(-c3nc4ccccc4c4c3ccc3nsnc34)cc2)cc(-c2nc(-c3cc4ccccc4c4ccccc34)nc(-c3cc4ccccc4c4ccccc34)n2)c1. The van der Waals surface area contributed by atoms with Crippen molar-refractivity contribution in [1.82, 2.24) is 57.4 Å². The third kappa shape index (κ3) is 12.6. The molecule has 0 bridgehead atoms. The number of rotatable bonds is 11. The van der Waals surface area contributed by atoms with Gasteiger partial charge in [0.15, 0.2) is 34.9 Å². The van der Waals surface area contributed by atoms with Crippen LogP contribution in [-0.2, 0) is 5.41 Å². The van der Waals surface area contributed by atoms with Crippen LogP contribution in [0.15, 0.2) is 376 Å². The van der Waals surface area contributed by atoms with Crippen molar-refractivity contribution in [1.29, 1.82) is 0 Å². The lowest BCUT2D eigenvalue weighted by atomic mass is 9.81. The molecular formula is C111H68N12S2. The van der Waals surface area contributed by atoms with E-state index >= 15 is 0 Å². The third-order valence-electron chi connectivity index (χ3n) is 24.8. The number of benzene rings is 18. The molecule has 584 valence electrons. The molecule has 6 aromatic heterocycles. The van der Waals surface area contributed by atoms with Crippen molar-refractivity contribution in [2.45, 2.75) is 19.3 Å². The van der Waals surface area contributed by atoms with Crippen LogP contribution >= 0.6 is 23.5 Å². The first-order chi connectivity index (χ1) is 61.7. The van der Waals surface area contributed by atoms with Gasteiger partial charge in [-0.05, 0) is 165 Å². The maximum Gasteiger partial charge on any atom is 0.164 e. The van der Waals surface area contributed by atoms with Gasteiger partial charge < -0.3 is 0 Å². The van der Waals surface area contributed by atoms with E-state index in [2.05, 4.69) is 348 Å². The van der Waals surface area contributed by atoms with Gasteiger partial charge in [0.2, 0.25) is 0 Å². The van der Waals surface area contributed by atoms with Crippen LogP contribution in [-0.4, -0.2) is 57.4 Å². The van der Waals surface area contributed by atoms with Gasteiger partial charge in [0.1, 0.15) is 22.1 Å². The first kappa shape index (κ1) is 73.0. The summed E-state index contributed by atoms with van der Waals surface area (Å²) in [6.45, 7) is 4.65. The molecule has 0 saturated carbocycles. The van der Waals surface area contributed by atoms with Crippen LogP contribution in [0.2, 0.25) is 0 Å². The Morgan fingerprint density at radius 2 is 0.544 bits per heavy atom. The molecule has 1 aliphatic carbocycles. The van der Waals surface area contributed by atoms with Crippen molar-refractivity contribution in [3.63, 3.8) is 0 Å². The van der Waals surface area contributed by atoms with E-state index in [1.54, 1.807) is 0 Å². The fourth-order valence-corrected chi connectivity index (χ4v) is 19.7. The molecule has 0 aliphatic heterocycles. The minimum Gasteiger partial charge on any atom is -0.247 e. The van der Waals surface area contributed by atoms with Gasteiger partial charge in [-0.15, -0.1) is 0 Å². The molecule has 0 atom stereocenters. The Labute approximate surface area is 726 Å². The molecule has 125 heavy (non-hydrogen) atoms. The van der Waals surface area contributed by atoms with E-state index in [-0.39, 0.29) is 5.41 Å². The monoisotopic (exact) mass is 1630 g/mol. The molecule has 0 spiro atoms. The number of para-hydroxylation sites is 2. The molecular weight excluding hydrogens is 1570 g/mol. The standard InChI is InChI=1S/C56H32N6S.C55H36N6S/c1-3-16-39-36(12-1)31-47(43-20-7-5-18-41(39)43)55-58-54(59-56(60-55)48-32-37-13-2-4-17-40(37)42-19-6-8-21-44(42)48)38-15-11-14-35(30-38)33-24-26-34(27-25-33)52-46-28-29-50-53(62-63-61-50)51(46)45-22-9-10-23-49(45)57-52;1-55(2)45-17-8-6-15-41(45)42-28-27-39(32-46(42)55)34-21-25-37(26-22-34)53-57-52(36-11-4-3-5-12-36)58-54(59-53)40-14-10-13-38(31-40)33-19-23-35(24-20-33)50-44-29-30-48-51(61-62-60-48)49(44)43-16-7-9-18-47(43)56-50/h1-32H;3-32H,1-2H3. The van der Waals surface area contributed by atoms with Crippen LogP contribution in [0.1, 0.15) is 25.0 Å². The van der Waals surface area contributed by atoms with Gasteiger partial charge in [-0.3, -0.25) is 0 Å². The zero-order valence-corrected chi connectivity index (χ0v) is 69.1. The average Bonchev–Trinajstić information content (AvgIpc) is 1.45. The van der Waals surface area contributed by atoms with Gasteiger partial charge in [-0.25, -0.2) is 39.9 Å². The van der Waals surface area contributed by atoms with Gasteiger partial charge >= 0.3 is 0 Å². The molecule has 12 nitrogen and oxygen atoms in total. The lowest BCUT2D eigenvalue weighted by Gasteiger charge is -2.22. The molecule has 0 saturated heterocycles. The second-order valence-corrected chi connectivity index (χ2v) is 33.4. The Morgan fingerprint density at radius 1 is 0.192 bits per heavy atom. The van der Waals surface area contributed by atoms with E-state index in [9.17, 15) is 0 Å². The van der Waals surface area contributed by atoms with Gasteiger partial charge in [0, 0.05) is 82.2 Å². The summed E-state index contributed by atoms with van der Waals surface area (Å²) in [6.07, 6.45) is 0. The maximum absolute atomic E-state index is 5.35. The highest BCUT2D eigenvalue weighted by Crippen LogP contribution is 2.51. The minimum absolute atomic E-state index is 0.0592. The van der Waals surface area contributed by atoms with Crippen LogP contribution in [0.3, 0.4) is 0 Å². The zero-order valence-electron chi connectivity index (χ0n) is 67.5. The summed E-state index contributed by atoms with van der Waals surface area (Å²) in [7, 11) is 0. The van der Waals surface area contributed by atoms with Gasteiger partial charge in [-0.1, -0.05) is 323 Å². The maximum atomic E-state index is 5.35. The van der Waals surface area contributed by atoms with Crippen molar-refractivity contribution >= 4 is 132 Å². The number of nitrogens with zero attached hydrogens (tertiary/aromatic N) is 12. The van der Waals surface area contributed by atoms with E-state index in [0.717, 1.165) is 181 Å². The third-order valence-corrected chi connectivity index (χ3v) is 25.9. The summed E-state index contributed by atoms with van der Waals surface area (Å²) >= 11 is 2.49. The Bertz CT molecular complexity index is 8390. The molecule has 0 N–H and O–H groups in total. The van der Waals surface area contributed by atoms with E-state index in [4.69, 9.17) is 44.2 Å². The molecule has 18 aromatic carbocycles. The van der Waals surface area contributed by atoms with Crippen molar-refractivity contribution in [3.8, 4) is 135 Å². The van der Waals surface area contributed by atoms with E-state index in [1.165, 1.54) is 62.0 Å². The van der Waals surface area contributed by atoms with Crippen LogP contribution in [0.5, 0.6) is 0 Å².